The van der Waals surface area contributed by atoms with Gasteiger partial charge in [-0.05, 0) is 74.6 Å². The molecule has 2 aromatic rings. The fourth-order valence-corrected chi connectivity index (χ4v) is 3.83. The fourth-order valence-electron chi connectivity index (χ4n) is 1.99. The van der Waals surface area contributed by atoms with Gasteiger partial charge in [0.1, 0.15) is 5.75 Å². The highest BCUT2D eigenvalue weighted by Crippen LogP contribution is 2.24. The number of unbranched alkanes of at least 4 members (excludes halogenated alkanes) is 1. The van der Waals surface area contributed by atoms with Gasteiger partial charge in [-0.15, -0.1) is 23.5 Å². The maximum absolute atomic E-state index is 5.66. The van der Waals surface area contributed by atoms with Crippen LogP contribution in [0, 0.1) is 0 Å². The largest absolute Gasteiger partial charge is 0.491 e. The third-order valence-electron chi connectivity index (χ3n) is 3.01. The van der Waals surface area contributed by atoms with E-state index in [1.807, 2.05) is 23.5 Å². The summed E-state index contributed by atoms with van der Waals surface area (Å²) >= 11 is 3.88. The number of ether oxygens (including phenoxy) is 1. The van der Waals surface area contributed by atoms with Crippen molar-refractivity contribution in [2.75, 3.05) is 11.5 Å². The first-order chi connectivity index (χ1) is 10.7. The van der Waals surface area contributed by atoms with E-state index in [9.17, 15) is 0 Å². The molecule has 0 unspecified atom stereocenters. The van der Waals surface area contributed by atoms with Gasteiger partial charge in [0.25, 0.3) is 0 Å². The van der Waals surface area contributed by atoms with Gasteiger partial charge in [-0.1, -0.05) is 18.2 Å². The number of hydrogen-bond donors (Lipinski definition) is 0. The molecule has 0 bridgehead atoms. The van der Waals surface area contributed by atoms with Gasteiger partial charge in [0, 0.05) is 9.79 Å². The molecule has 0 fully saturated rings. The van der Waals surface area contributed by atoms with Crippen LogP contribution in [0.5, 0.6) is 5.75 Å². The monoisotopic (exact) mass is 332 g/mol. The Labute approximate surface area is 142 Å². The lowest BCUT2D eigenvalue weighted by atomic mass is 10.3. The first-order valence-corrected chi connectivity index (χ1v) is 9.78. The van der Waals surface area contributed by atoms with Crippen molar-refractivity contribution in [3.8, 4) is 5.75 Å². The molecular formula is C19H24OS2. The van der Waals surface area contributed by atoms with E-state index in [4.69, 9.17) is 4.74 Å². The van der Waals surface area contributed by atoms with E-state index in [0.717, 1.165) is 5.75 Å². The van der Waals surface area contributed by atoms with E-state index >= 15 is 0 Å². The van der Waals surface area contributed by atoms with Crippen LogP contribution in [0.15, 0.2) is 64.4 Å². The van der Waals surface area contributed by atoms with Gasteiger partial charge >= 0.3 is 0 Å². The van der Waals surface area contributed by atoms with Crippen LogP contribution in [0.4, 0.5) is 0 Å². The summed E-state index contributed by atoms with van der Waals surface area (Å²) in [6.07, 6.45) is 2.76. The fraction of sp³-hybridized carbons (Fsp3) is 0.368. The highest BCUT2D eigenvalue weighted by Gasteiger charge is 1.99. The number of benzene rings is 2. The molecule has 0 spiro atoms. The number of thioether (sulfide) groups is 2. The Morgan fingerprint density at radius 1 is 0.773 bits per heavy atom. The summed E-state index contributed by atoms with van der Waals surface area (Å²) in [6.45, 7) is 4.10. The van der Waals surface area contributed by atoms with Crippen LogP contribution < -0.4 is 4.74 Å². The van der Waals surface area contributed by atoms with E-state index < -0.39 is 0 Å². The van der Waals surface area contributed by atoms with Crippen molar-refractivity contribution in [3.05, 3.63) is 54.6 Å². The highest BCUT2D eigenvalue weighted by atomic mass is 32.2. The van der Waals surface area contributed by atoms with Crippen LogP contribution in [0.1, 0.15) is 26.7 Å². The molecular weight excluding hydrogens is 308 g/mol. The zero-order valence-corrected chi connectivity index (χ0v) is 15.0. The van der Waals surface area contributed by atoms with Gasteiger partial charge in [-0.3, -0.25) is 0 Å². The lowest BCUT2D eigenvalue weighted by molar-refractivity contribution is 0.242. The molecule has 0 radical (unpaired) electrons. The summed E-state index contributed by atoms with van der Waals surface area (Å²) in [5, 5.41) is 0. The molecule has 2 rings (SSSR count). The van der Waals surface area contributed by atoms with E-state index in [-0.39, 0.29) is 6.10 Å². The zero-order valence-electron chi connectivity index (χ0n) is 13.3. The second kappa shape index (κ2) is 9.86. The first-order valence-electron chi connectivity index (χ1n) is 7.81. The average molecular weight is 333 g/mol. The van der Waals surface area contributed by atoms with E-state index in [1.54, 1.807) is 0 Å². The van der Waals surface area contributed by atoms with Crippen LogP contribution in [0.3, 0.4) is 0 Å². The molecule has 118 valence electrons. The lowest BCUT2D eigenvalue weighted by Crippen LogP contribution is -2.05. The Hall–Kier alpha value is -1.06. The van der Waals surface area contributed by atoms with E-state index in [1.165, 1.54) is 34.1 Å². The van der Waals surface area contributed by atoms with Gasteiger partial charge in [-0.2, -0.15) is 0 Å². The van der Waals surface area contributed by atoms with Gasteiger partial charge < -0.3 is 4.74 Å². The smallest absolute Gasteiger partial charge is 0.119 e. The average Bonchev–Trinajstić information content (AvgIpc) is 2.53. The first kappa shape index (κ1) is 17.3. The normalized spacial score (nSPS) is 10.9. The SMILES string of the molecule is CC(C)Oc1ccc(SCCCCSc2ccccc2)cc1. The van der Waals surface area contributed by atoms with Gasteiger partial charge in [-0.25, -0.2) is 0 Å². The standard InChI is InChI=1S/C19H24OS2/c1-16(2)20-17-10-12-19(13-11-17)22-15-7-6-14-21-18-8-4-3-5-9-18/h3-5,8-13,16H,6-7,14-15H2,1-2H3. The van der Waals surface area contributed by atoms with Crippen molar-refractivity contribution in [3.63, 3.8) is 0 Å². The van der Waals surface area contributed by atoms with Gasteiger partial charge in [0.05, 0.1) is 6.10 Å². The molecule has 0 heterocycles. The van der Waals surface area contributed by atoms with Crippen molar-refractivity contribution in [2.45, 2.75) is 42.6 Å². The van der Waals surface area contributed by atoms with Crippen molar-refractivity contribution >= 4 is 23.5 Å². The summed E-state index contributed by atoms with van der Waals surface area (Å²) in [5.74, 6) is 3.34. The lowest BCUT2D eigenvalue weighted by Gasteiger charge is -2.09. The van der Waals surface area contributed by atoms with Crippen LogP contribution in [0.2, 0.25) is 0 Å². The topological polar surface area (TPSA) is 9.23 Å². The predicted octanol–water partition coefficient (Wildman–Crippen LogP) is 6.14. The molecule has 0 atom stereocenters. The molecule has 0 saturated heterocycles. The molecule has 0 aliphatic rings. The highest BCUT2D eigenvalue weighted by molar-refractivity contribution is 7.99. The second-order valence-electron chi connectivity index (χ2n) is 5.36. The molecule has 1 nitrogen and oxygen atoms in total. The minimum atomic E-state index is 0.237. The maximum Gasteiger partial charge on any atom is 0.119 e. The van der Waals surface area contributed by atoms with E-state index in [2.05, 4.69) is 68.4 Å². The third-order valence-corrected chi connectivity index (χ3v) is 5.21. The minimum Gasteiger partial charge on any atom is -0.491 e. The Balaban J connectivity index is 1.58. The zero-order chi connectivity index (χ0) is 15.6. The quantitative estimate of drug-likeness (QED) is 0.403. The second-order valence-corrected chi connectivity index (χ2v) is 7.69. The molecule has 0 amide bonds. The third kappa shape index (κ3) is 6.80. The van der Waals surface area contributed by atoms with Crippen LogP contribution >= 0.6 is 23.5 Å². The number of hydrogen-bond acceptors (Lipinski definition) is 3. The molecule has 0 saturated carbocycles. The van der Waals surface area contributed by atoms with Gasteiger partial charge in [0.15, 0.2) is 0 Å². The molecule has 0 aromatic heterocycles. The van der Waals surface area contributed by atoms with Crippen LogP contribution in [-0.2, 0) is 0 Å². The Morgan fingerprint density at radius 3 is 1.86 bits per heavy atom. The van der Waals surface area contributed by atoms with E-state index in [0.29, 0.717) is 0 Å². The van der Waals surface area contributed by atoms with Crippen molar-refractivity contribution in [1.82, 2.24) is 0 Å². The maximum atomic E-state index is 5.66. The Kier molecular flexibility index (Phi) is 7.75. The summed E-state index contributed by atoms with van der Waals surface area (Å²) in [5.41, 5.74) is 0. The summed E-state index contributed by atoms with van der Waals surface area (Å²) in [4.78, 5) is 2.70. The van der Waals surface area contributed by atoms with Crippen molar-refractivity contribution < 1.29 is 4.74 Å². The molecule has 0 aliphatic heterocycles. The Morgan fingerprint density at radius 2 is 1.32 bits per heavy atom. The molecule has 22 heavy (non-hydrogen) atoms. The molecule has 2 aromatic carbocycles. The molecule has 0 aliphatic carbocycles. The van der Waals surface area contributed by atoms with Gasteiger partial charge in [0.2, 0.25) is 0 Å². The predicted molar refractivity (Wildman–Crippen MR) is 99.3 cm³/mol. The molecule has 0 N–H and O–H groups in total. The minimum absolute atomic E-state index is 0.237. The van der Waals surface area contributed by atoms with Crippen LogP contribution in [-0.4, -0.2) is 17.6 Å². The summed E-state index contributed by atoms with van der Waals surface area (Å²) < 4.78 is 5.66. The van der Waals surface area contributed by atoms with Crippen molar-refractivity contribution in [1.29, 1.82) is 0 Å². The molecule has 3 heteroatoms. The Bertz CT molecular complexity index is 523. The summed E-state index contributed by atoms with van der Waals surface area (Å²) in [6, 6.07) is 19.1. The van der Waals surface area contributed by atoms with Crippen molar-refractivity contribution in [2.24, 2.45) is 0 Å². The summed E-state index contributed by atoms with van der Waals surface area (Å²) in [7, 11) is 0. The number of rotatable bonds is 9. The van der Waals surface area contributed by atoms with Crippen LogP contribution in [0.25, 0.3) is 0 Å².